The molecule has 0 atom stereocenters. The highest BCUT2D eigenvalue weighted by Crippen LogP contribution is 2.69. The van der Waals surface area contributed by atoms with Gasteiger partial charge in [0.2, 0.25) is 0 Å². The molecule has 15 rings (SSSR count). The van der Waals surface area contributed by atoms with Crippen LogP contribution in [0.3, 0.4) is 0 Å². The van der Waals surface area contributed by atoms with Gasteiger partial charge in [-0.3, -0.25) is 0 Å². The first-order chi connectivity index (χ1) is 32.6. The van der Waals surface area contributed by atoms with Gasteiger partial charge in [-0.25, -0.2) is 4.98 Å². The molecule has 9 aromatic rings. The molecule has 2 heterocycles. The number of aromatic nitrogens is 1. The summed E-state index contributed by atoms with van der Waals surface area (Å²) in [6, 6.07) is 75.1. The molecule has 8 aromatic carbocycles. The molecule has 6 aliphatic rings. The zero-order valence-electron chi connectivity index (χ0n) is 36.8. The first-order valence-corrected chi connectivity index (χ1v) is 23.9. The number of hydrogen-bond acceptors (Lipinski definition) is 3. The third kappa shape index (κ3) is 5.85. The molecule has 1 aromatic heterocycles. The van der Waals surface area contributed by atoms with E-state index in [1.54, 1.807) is 11.1 Å². The lowest BCUT2D eigenvalue weighted by Gasteiger charge is -2.61. The Morgan fingerprint density at radius 1 is 0.379 bits per heavy atom. The average Bonchev–Trinajstić information content (AvgIpc) is 3.67. The van der Waals surface area contributed by atoms with Crippen LogP contribution in [-0.4, -0.2) is 4.98 Å². The van der Waals surface area contributed by atoms with Crippen LogP contribution < -0.4 is 9.64 Å². The topological polar surface area (TPSA) is 25.4 Å². The first kappa shape index (κ1) is 37.8. The highest BCUT2D eigenvalue weighted by molar-refractivity contribution is 5.91. The van der Waals surface area contributed by atoms with E-state index in [2.05, 4.69) is 205 Å². The molecular weight excluding hydrogens is 801 g/mol. The van der Waals surface area contributed by atoms with Crippen molar-refractivity contribution in [3.8, 4) is 78.5 Å². The molecule has 0 N–H and O–H groups in total. The monoisotopic (exact) mass is 848 g/mol. The lowest BCUT2D eigenvalue weighted by atomic mass is 9.43. The van der Waals surface area contributed by atoms with Crippen molar-refractivity contribution in [3.05, 3.63) is 217 Å². The van der Waals surface area contributed by atoms with Crippen molar-refractivity contribution in [1.82, 2.24) is 4.98 Å². The second kappa shape index (κ2) is 14.8. The van der Waals surface area contributed by atoms with Gasteiger partial charge in [-0.15, -0.1) is 0 Å². The lowest BCUT2D eigenvalue weighted by Crippen LogP contribution is -2.55. The van der Waals surface area contributed by atoms with Crippen LogP contribution >= 0.6 is 0 Å². The van der Waals surface area contributed by atoms with E-state index < -0.39 is 0 Å². The van der Waals surface area contributed by atoms with Gasteiger partial charge in [0.05, 0.1) is 22.8 Å². The number of benzene rings is 8. The van der Waals surface area contributed by atoms with Crippen molar-refractivity contribution in [2.45, 2.75) is 37.5 Å². The number of hydrogen-bond donors (Lipinski definition) is 0. The van der Waals surface area contributed by atoms with E-state index in [1.807, 2.05) is 6.07 Å². The smallest absolute Gasteiger partial charge is 0.152 e. The number of para-hydroxylation sites is 1. The summed E-state index contributed by atoms with van der Waals surface area (Å²) in [7, 11) is 0. The number of nitrogens with zero attached hydrogens (tertiary/aromatic N) is 2. The Bertz CT molecular complexity index is 3250. The summed E-state index contributed by atoms with van der Waals surface area (Å²) in [5, 5.41) is 0. The van der Waals surface area contributed by atoms with Crippen LogP contribution in [0.4, 0.5) is 17.1 Å². The van der Waals surface area contributed by atoms with Crippen molar-refractivity contribution in [2.24, 2.45) is 23.7 Å². The Labute approximate surface area is 387 Å². The van der Waals surface area contributed by atoms with Crippen molar-refractivity contribution in [2.75, 3.05) is 4.90 Å². The lowest BCUT2D eigenvalue weighted by molar-refractivity contribution is -0.0399. The molecule has 316 valence electrons. The largest absolute Gasteiger partial charge is 0.453 e. The Kier molecular flexibility index (Phi) is 8.47. The zero-order chi connectivity index (χ0) is 43.3. The van der Waals surface area contributed by atoms with Gasteiger partial charge in [-0.2, -0.15) is 0 Å². The van der Waals surface area contributed by atoms with Gasteiger partial charge in [-0.1, -0.05) is 146 Å². The predicted octanol–water partition coefficient (Wildman–Crippen LogP) is 16.7. The summed E-state index contributed by atoms with van der Waals surface area (Å²) in [6.45, 7) is 0. The van der Waals surface area contributed by atoms with E-state index in [1.165, 1.54) is 54.4 Å². The predicted molar refractivity (Wildman–Crippen MR) is 269 cm³/mol. The van der Waals surface area contributed by atoms with Crippen LogP contribution in [0.5, 0.6) is 11.5 Å². The molecule has 3 nitrogen and oxygen atoms in total. The zero-order valence-corrected chi connectivity index (χ0v) is 36.8. The maximum Gasteiger partial charge on any atom is 0.152 e. The fourth-order valence-electron chi connectivity index (χ4n) is 13.4. The second-order valence-electron chi connectivity index (χ2n) is 19.6. The minimum atomic E-state index is 0.202. The quantitative estimate of drug-likeness (QED) is 0.167. The van der Waals surface area contributed by atoms with Crippen LogP contribution in [0.25, 0.3) is 67.0 Å². The number of fused-ring (bicyclic) bond motifs is 5. The normalized spacial score (nSPS) is 21.5. The highest BCUT2D eigenvalue weighted by Gasteiger charge is 2.61. The highest BCUT2D eigenvalue weighted by atomic mass is 16.5. The summed E-state index contributed by atoms with van der Waals surface area (Å²) in [5.41, 5.74) is 20.5. The summed E-state index contributed by atoms with van der Waals surface area (Å²) in [6.07, 6.45) is 7.12. The van der Waals surface area contributed by atoms with Crippen LogP contribution in [0, 0.1) is 23.7 Å². The van der Waals surface area contributed by atoms with Gasteiger partial charge in [0.1, 0.15) is 0 Å². The van der Waals surface area contributed by atoms with Crippen molar-refractivity contribution in [1.29, 1.82) is 0 Å². The summed E-state index contributed by atoms with van der Waals surface area (Å²) >= 11 is 0. The van der Waals surface area contributed by atoms with E-state index in [4.69, 9.17) is 9.72 Å². The summed E-state index contributed by atoms with van der Waals surface area (Å²) in [5.74, 6) is 5.08. The third-order valence-corrected chi connectivity index (χ3v) is 16.0. The van der Waals surface area contributed by atoms with Crippen molar-refractivity contribution in [3.63, 3.8) is 0 Å². The van der Waals surface area contributed by atoms with Crippen molar-refractivity contribution >= 4 is 17.1 Å². The molecule has 66 heavy (non-hydrogen) atoms. The molecular formula is C63H48N2O. The van der Waals surface area contributed by atoms with E-state index in [9.17, 15) is 0 Å². The van der Waals surface area contributed by atoms with Crippen LogP contribution in [-0.2, 0) is 5.41 Å². The SMILES string of the molecule is c1ccc(-c2cc(-c3ccccc3)nc(-c3ccc4c(c3)N(c3ccccc3)c3ccc(-c5ccc(-c6ccc7c(c6)-c6ccccc6C76C7CC8CC(C7)CC6C8)cc5)cc3O4)c2)cc1. The van der Waals surface area contributed by atoms with Gasteiger partial charge < -0.3 is 9.64 Å². The van der Waals surface area contributed by atoms with Gasteiger partial charge in [0.15, 0.2) is 11.5 Å². The Morgan fingerprint density at radius 2 is 0.924 bits per heavy atom. The second-order valence-corrected chi connectivity index (χ2v) is 19.6. The van der Waals surface area contributed by atoms with Crippen LogP contribution in [0.2, 0.25) is 0 Å². The Hall–Kier alpha value is -7.49. The molecule has 4 fully saturated rings. The summed E-state index contributed by atoms with van der Waals surface area (Å²) in [4.78, 5) is 7.58. The van der Waals surface area contributed by atoms with Gasteiger partial charge in [0.25, 0.3) is 0 Å². The van der Waals surface area contributed by atoms with Crippen LogP contribution in [0.1, 0.15) is 43.2 Å². The Balaban J connectivity index is 0.800. The van der Waals surface area contributed by atoms with Crippen LogP contribution in [0.15, 0.2) is 206 Å². The van der Waals surface area contributed by atoms with E-state index in [-0.39, 0.29) is 5.41 Å². The van der Waals surface area contributed by atoms with Crippen molar-refractivity contribution < 1.29 is 4.74 Å². The maximum atomic E-state index is 6.85. The molecule has 1 spiro atoms. The van der Waals surface area contributed by atoms with Gasteiger partial charge in [-0.05, 0) is 172 Å². The maximum absolute atomic E-state index is 6.85. The van der Waals surface area contributed by atoms with E-state index >= 15 is 0 Å². The molecule has 0 saturated heterocycles. The number of pyridine rings is 1. The Morgan fingerprint density at radius 3 is 1.64 bits per heavy atom. The number of anilines is 3. The number of ether oxygens (including phenoxy) is 1. The molecule has 5 aliphatic carbocycles. The third-order valence-electron chi connectivity index (χ3n) is 16.0. The summed E-state index contributed by atoms with van der Waals surface area (Å²) < 4.78 is 6.85. The minimum absolute atomic E-state index is 0.202. The minimum Gasteiger partial charge on any atom is -0.453 e. The van der Waals surface area contributed by atoms with E-state index in [0.29, 0.717) is 0 Å². The average molecular weight is 849 g/mol. The standard InChI is InChI=1S/C63H48N2O/c1-4-12-42(13-5-1)49-36-57(45-14-6-2-7-15-45)64-58(37-49)48-26-29-61-60(38-48)65(52-16-8-3-9-17-52)59-28-25-47(39-62(59)66-61)44-22-20-43(21-23-44)46-24-27-56-54(35-46)53-18-10-11-19-55(53)63(56)50-31-40-30-41(33-50)34-51(63)32-40/h1-29,35-41,50-51H,30-34H2. The molecule has 0 amide bonds. The fourth-order valence-corrected chi connectivity index (χ4v) is 13.4. The number of rotatable bonds is 6. The molecule has 0 radical (unpaired) electrons. The molecule has 3 heteroatoms. The molecule has 1 aliphatic heterocycles. The van der Waals surface area contributed by atoms with Gasteiger partial charge in [0, 0.05) is 22.2 Å². The molecule has 0 unspecified atom stereocenters. The van der Waals surface area contributed by atoms with Gasteiger partial charge >= 0.3 is 0 Å². The molecule has 4 saturated carbocycles. The van der Waals surface area contributed by atoms with E-state index in [0.717, 1.165) is 97.0 Å². The molecule has 4 bridgehead atoms. The first-order valence-electron chi connectivity index (χ1n) is 23.9. The fraction of sp³-hybridized carbons (Fsp3) is 0.159.